The Morgan fingerprint density at radius 1 is 1.00 bits per heavy atom. The fraction of sp³-hybridized carbons (Fsp3) is 0.375. The number of nitrogens with one attached hydrogen (secondary N) is 1. The van der Waals surface area contributed by atoms with Crippen LogP contribution < -0.4 is 10.1 Å². The maximum absolute atomic E-state index is 12.9. The van der Waals surface area contributed by atoms with Gasteiger partial charge in [-0.15, -0.1) is 13.2 Å². The predicted molar refractivity (Wildman–Crippen MR) is 148 cm³/mol. The van der Waals surface area contributed by atoms with E-state index in [0.717, 1.165) is 49.5 Å². The van der Waals surface area contributed by atoms with Crippen molar-refractivity contribution in [1.82, 2.24) is 4.90 Å². The molecule has 40 heavy (non-hydrogen) atoms. The van der Waals surface area contributed by atoms with Crippen LogP contribution in [0.25, 0.3) is 11.1 Å². The summed E-state index contributed by atoms with van der Waals surface area (Å²) in [6.45, 7) is 3.09. The highest BCUT2D eigenvalue weighted by Crippen LogP contribution is 2.42. The third-order valence-corrected chi connectivity index (χ3v) is 8.03. The van der Waals surface area contributed by atoms with Gasteiger partial charge in [-0.1, -0.05) is 42.5 Å². The second-order valence-electron chi connectivity index (χ2n) is 10.9. The van der Waals surface area contributed by atoms with Gasteiger partial charge in [0.05, 0.1) is 11.6 Å². The summed E-state index contributed by atoms with van der Waals surface area (Å²) in [5.41, 5.74) is 3.90. The largest absolute Gasteiger partial charge is 0.573 e. The maximum Gasteiger partial charge on any atom is 0.573 e. The lowest BCUT2D eigenvalue weighted by Gasteiger charge is -2.42. The van der Waals surface area contributed by atoms with Crippen LogP contribution in [-0.4, -0.2) is 36.8 Å². The van der Waals surface area contributed by atoms with Crippen LogP contribution in [0, 0.1) is 17.2 Å². The highest BCUT2D eigenvalue weighted by molar-refractivity contribution is 5.91. The Bertz CT molecular complexity index is 1370. The summed E-state index contributed by atoms with van der Waals surface area (Å²) in [5, 5.41) is 12.0. The van der Waals surface area contributed by atoms with Crippen LogP contribution in [0.5, 0.6) is 5.75 Å². The molecule has 0 radical (unpaired) electrons. The molecule has 3 aromatic carbocycles. The van der Waals surface area contributed by atoms with E-state index in [2.05, 4.69) is 45.3 Å². The van der Waals surface area contributed by atoms with Gasteiger partial charge in [-0.05, 0) is 97.5 Å². The summed E-state index contributed by atoms with van der Waals surface area (Å²) in [6.07, 6.45) is 0.585. The minimum atomic E-state index is -4.79. The van der Waals surface area contributed by atoms with Crippen molar-refractivity contribution in [3.63, 3.8) is 0 Å². The minimum absolute atomic E-state index is 0.175. The monoisotopic (exact) mass is 547 g/mol. The number of rotatable bonds is 9. The van der Waals surface area contributed by atoms with E-state index in [0.29, 0.717) is 12.0 Å². The number of carbonyl (C=O) groups is 1. The van der Waals surface area contributed by atoms with Crippen LogP contribution in [0.1, 0.15) is 49.7 Å². The van der Waals surface area contributed by atoms with E-state index in [1.165, 1.54) is 36.6 Å². The topological polar surface area (TPSA) is 65.4 Å². The molecular formula is C32H32F3N3O2. The number of piperidine rings is 1. The number of nitriles is 1. The molecule has 3 aromatic rings. The number of nitrogens with zero attached hydrogens (tertiary/aromatic N) is 2. The van der Waals surface area contributed by atoms with Crippen LogP contribution in [0.4, 0.5) is 18.9 Å². The summed E-state index contributed by atoms with van der Waals surface area (Å²) < 4.78 is 41.8. The molecule has 0 atom stereocenters. The number of carbonyl (C=O) groups excluding carboxylic acids is 1. The molecule has 5 rings (SSSR count). The Morgan fingerprint density at radius 3 is 2.40 bits per heavy atom. The van der Waals surface area contributed by atoms with Crippen LogP contribution >= 0.6 is 0 Å². The van der Waals surface area contributed by atoms with Crippen molar-refractivity contribution in [2.24, 2.45) is 5.92 Å². The fourth-order valence-corrected chi connectivity index (χ4v) is 5.64. The van der Waals surface area contributed by atoms with Crippen molar-refractivity contribution in [2.75, 3.05) is 25.0 Å². The van der Waals surface area contributed by atoms with Crippen molar-refractivity contribution >= 4 is 11.6 Å². The molecule has 1 amide bonds. The Morgan fingerprint density at radius 2 is 1.73 bits per heavy atom. The number of likely N-dealkylation sites (tertiary alicyclic amines) is 1. The molecule has 208 valence electrons. The zero-order valence-corrected chi connectivity index (χ0v) is 22.2. The van der Waals surface area contributed by atoms with Gasteiger partial charge >= 0.3 is 6.36 Å². The number of ether oxygens (including phenoxy) is 1. The molecule has 0 spiro atoms. The third kappa shape index (κ3) is 7.22. The van der Waals surface area contributed by atoms with Crippen molar-refractivity contribution < 1.29 is 22.7 Å². The molecule has 1 saturated heterocycles. The molecule has 0 unspecified atom stereocenters. The number of hydrogen-bond donors (Lipinski definition) is 1. The second kappa shape index (κ2) is 11.7. The molecule has 1 aliphatic carbocycles. The first-order chi connectivity index (χ1) is 19.2. The molecule has 1 aliphatic heterocycles. The molecule has 1 heterocycles. The van der Waals surface area contributed by atoms with Gasteiger partial charge in [-0.3, -0.25) is 4.79 Å². The van der Waals surface area contributed by atoms with Gasteiger partial charge in [-0.2, -0.15) is 5.26 Å². The van der Waals surface area contributed by atoms with Gasteiger partial charge in [0.15, 0.2) is 0 Å². The molecule has 2 fully saturated rings. The lowest BCUT2D eigenvalue weighted by atomic mass is 9.69. The summed E-state index contributed by atoms with van der Waals surface area (Å²) in [4.78, 5) is 15.5. The zero-order valence-electron chi connectivity index (χ0n) is 22.2. The standard InChI is InChI=1S/C32H32F3N3O2/c33-32(34,35)40-29-6-2-5-28(20-29)37-30(39)13-14-31(15-17-38(18-16-31)22-23-7-8-23)27-11-9-25(10-12-27)26-4-1-3-24(19-26)21-36/h1-6,9-12,19-20,23H,7-8,13-18,22H2,(H,37,39). The van der Waals surface area contributed by atoms with Crippen LogP contribution in [0.3, 0.4) is 0 Å². The van der Waals surface area contributed by atoms with Crippen LogP contribution in [0.15, 0.2) is 72.8 Å². The molecule has 0 bridgehead atoms. The highest BCUT2D eigenvalue weighted by atomic mass is 19.4. The lowest BCUT2D eigenvalue weighted by molar-refractivity contribution is -0.274. The van der Waals surface area contributed by atoms with Gasteiger partial charge in [0.25, 0.3) is 0 Å². The van der Waals surface area contributed by atoms with E-state index in [1.54, 1.807) is 12.1 Å². The molecule has 8 heteroatoms. The van der Waals surface area contributed by atoms with E-state index < -0.39 is 6.36 Å². The molecule has 1 saturated carbocycles. The molecule has 2 aliphatic rings. The van der Waals surface area contributed by atoms with E-state index >= 15 is 0 Å². The summed E-state index contributed by atoms with van der Waals surface area (Å²) in [7, 11) is 0. The average molecular weight is 548 g/mol. The average Bonchev–Trinajstić information content (AvgIpc) is 3.76. The number of anilines is 1. The SMILES string of the molecule is N#Cc1cccc(-c2ccc(C3(CCC(=O)Nc4cccc(OC(F)(F)F)c4)CCN(CC4CC4)CC3)cc2)c1. The Hall–Kier alpha value is -3.83. The first-order valence-electron chi connectivity index (χ1n) is 13.7. The molecule has 5 nitrogen and oxygen atoms in total. The van der Waals surface area contributed by atoms with Gasteiger partial charge in [0.2, 0.25) is 5.91 Å². The van der Waals surface area contributed by atoms with Crippen molar-refractivity contribution in [3.05, 3.63) is 83.9 Å². The third-order valence-electron chi connectivity index (χ3n) is 8.03. The van der Waals surface area contributed by atoms with Crippen molar-refractivity contribution in [3.8, 4) is 22.9 Å². The summed E-state index contributed by atoms with van der Waals surface area (Å²) in [5.74, 6) is 0.206. The van der Waals surface area contributed by atoms with E-state index in [4.69, 9.17) is 0 Å². The van der Waals surface area contributed by atoms with Gasteiger partial charge < -0.3 is 15.0 Å². The van der Waals surface area contributed by atoms with Crippen LogP contribution in [0.2, 0.25) is 0 Å². The van der Waals surface area contributed by atoms with E-state index in [-0.39, 0.29) is 29.2 Å². The number of alkyl halides is 3. The number of halogens is 3. The van der Waals surface area contributed by atoms with Gasteiger partial charge in [-0.25, -0.2) is 0 Å². The summed E-state index contributed by atoms with van der Waals surface area (Å²) in [6, 6.07) is 23.5. The lowest BCUT2D eigenvalue weighted by Crippen LogP contribution is -2.43. The zero-order chi connectivity index (χ0) is 28.2. The second-order valence-corrected chi connectivity index (χ2v) is 10.9. The molecule has 1 N–H and O–H groups in total. The molecule has 0 aromatic heterocycles. The Labute approximate surface area is 232 Å². The first-order valence-corrected chi connectivity index (χ1v) is 13.7. The summed E-state index contributed by atoms with van der Waals surface area (Å²) >= 11 is 0. The highest BCUT2D eigenvalue weighted by Gasteiger charge is 2.38. The maximum atomic E-state index is 12.9. The quantitative estimate of drug-likeness (QED) is 0.306. The van der Waals surface area contributed by atoms with E-state index in [1.807, 2.05) is 18.2 Å². The number of amides is 1. The minimum Gasteiger partial charge on any atom is -0.406 e. The fourth-order valence-electron chi connectivity index (χ4n) is 5.64. The number of benzene rings is 3. The normalized spacial score (nSPS) is 17.1. The number of hydrogen-bond acceptors (Lipinski definition) is 4. The Kier molecular flexibility index (Phi) is 8.13. The Balaban J connectivity index is 1.29. The van der Waals surface area contributed by atoms with Crippen molar-refractivity contribution in [2.45, 2.75) is 50.3 Å². The van der Waals surface area contributed by atoms with Crippen molar-refractivity contribution in [1.29, 1.82) is 5.26 Å². The van der Waals surface area contributed by atoms with Gasteiger partial charge in [0, 0.05) is 24.7 Å². The molecular weight excluding hydrogens is 515 g/mol. The van der Waals surface area contributed by atoms with Gasteiger partial charge in [0.1, 0.15) is 5.75 Å². The first kappa shape index (κ1) is 27.7. The van der Waals surface area contributed by atoms with Crippen LogP contribution in [-0.2, 0) is 10.2 Å². The van der Waals surface area contributed by atoms with E-state index in [9.17, 15) is 23.2 Å². The predicted octanol–water partition coefficient (Wildman–Crippen LogP) is 7.29. The smallest absolute Gasteiger partial charge is 0.406 e.